The Morgan fingerprint density at radius 2 is 0.875 bits per heavy atom. The zero-order valence-corrected chi connectivity index (χ0v) is 32.0. The molecule has 0 aliphatic carbocycles. The van der Waals surface area contributed by atoms with Gasteiger partial charge in [0.05, 0.1) is 13.2 Å². The van der Waals surface area contributed by atoms with Crippen molar-refractivity contribution in [2.75, 3.05) is 19.8 Å². The molecule has 0 radical (unpaired) electrons. The highest BCUT2D eigenvalue weighted by Gasteiger charge is 2.13. The summed E-state index contributed by atoms with van der Waals surface area (Å²) in [6.45, 7) is 5.29. The van der Waals surface area contributed by atoms with Crippen LogP contribution >= 0.6 is 0 Å². The van der Waals surface area contributed by atoms with Crippen molar-refractivity contribution < 1.29 is 19.4 Å². The van der Waals surface area contributed by atoms with Crippen molar-refractivity contribution in [1.29, 1.82) is 0 Å². The minimum absolute atomic E-state index is 0.178. The molecule has 1 atom stereocenters. The number of allylic oxidation sites excluding steroid dienone is 8. The van der Waals surface area contributed by atoms with Crippen LogP contribution in [-0.4, -0.2) is 37.0 Å². The summed E-state index contributed by atoms with van der Waals surface area (Å²) in [6, 6.07) is 0. The van der Waals surface area contributed by atoms with Crippen LogP contribution in [-0.2, 0) is 14.3 Å². The number of unbranched alkanes of at least 4 members (excludes halogenated alkanes) is 22. The van der Waals surface area contributed by atoms with Crippen molar-refractivity contribution in [2.45, 2.75) is 206 Å². The minimum Gasteiger partial charge on any atom is -0.457 e. The predicted octanol–water partition coefficient (Wildman–Crippen LogP) is 13.5. The molecule has 0 aromatic rings. The molecule has 280 valence electrons. The molecular formula is C44H80O4. The van der Waals surface area contributed by atoms with Crippen LogP contribution in [0.3, 0.4) is 0 Å². The lowest BCUT2D eigenvalue weighted by molar-refractivity contribution is -0.154. The predicted molar refractivity (Wildman–Crippen MR) is 210 cm³/mol. The molecule has 0 bridgehead atoms. The molecule has 0 saturated heterocycles. The van der Waals surface area contributed by atoms with Crippen LogP contribution in [0.2, 0.25) is 0 Å². The van der Waals surface area contributed by atoms with Gasteiger partial charge in [-0.05, 0) is 77.0 Å². The summed E-state index contributed by atoms with van der Waals surface area (Å²) < 4.78 is 11.1. The number of aliphatic hydroxyl groups excluding tert-OH is 1. The van der Waals surface area contributed by atoms with Crippen molar-refractivity contribution in [2.24, 2.45) is 0 Å². The first-order chi connectivity index (χ1) is 23.7. The molecule has 48 heavy (non-hydrogen) atoms. The summed E-state index contributed by atoms with van der Waals surface area (Å²) in [5.41, 5.74) is 0. The second kappa shape index (κ2) is 41.5. The lowest BCUT2D eigenvalue weighted by Crippen LogP contribution is -2.27. The van der Waals surface area contributed by atoms with Gasteiger partial charge in [0.1, 0.15) is 6.10 Å². The van der Waals surface area contributed by atoms with E-state index in [1.807, 2.05) is 0 Å². The van der Waals surface area contributed by atoms with Crippen molar-refractivity contribution in [3.63, 3.8) is 0 Å². The van der Waals surface area contributed by atoms with Gasteiger partial charge in [-0.1, -0.05) is 165 Å². The first-order valence-corrected chi connectivity index (χ1v) is 20.7. The largest absolute Gasteiger partial charge is 0.457 e. The highest BCUT2D eigenvalue weighted by molar-refractivity contribution is 5.69. The third-order valence-corrected chi connectivity index (χ3v) is 8.88. The van der Waals surface area contributed by atoms with Gasteiger partial charge in [0.15, 0.2) is 0 Å². The Morgan fingerprint density at radius 1 is 0.500 bits per heavy atom. The summed E-state index contributed by atoms with van der Waals surface area (Å²) in [6.07, 6.45) is 53.0. The normalized spacial score (nSPS) is 12.8. The van der Waals surface area contributed by atoms with E-state index in [2.05, 4.69) is 62.5 Å². The van der Waals surface area contributed by atoms with E-state index in [0.29, 0.717) is 13.0 Å². The fraction of sp³-hybridized carbons (Fsp3) is 0.795. The number of aliphatic hydroxyl groups is 1. The lowest BCUT2D eigenvalue weighted by atomic mass is 10.1. The topological polar surface area (TPSA) is 55.8 Å². The molecule has 0 heterocycles. The lowest BCUT2D eigenvalue weighted by Gasteiger charge is -2.15. The fourth-order valence-corrected chi connectivity index (χ4v) is 5.74. The monoisotopic (exact) mass is 673 g/mol. The second-order valence-electron chi connectivity index (χ2n) is 13.7. The molecule has 0 aliphatic heterocycles. The number of ether oxygens (including phenoxy) is 2. The summed E-state index contributed by atoms with van der Waals surface area (Å²) in [5, 5.41) is 9.59. The molecule has 0 aliphatic rings. The number of carbonyl (C=O) groups is 1. The van der Waals surface area contributed by atoms with Crippen LogP contribution in [0.15, 0.2) is 48.6 Å². The van der Waals surface area contributed by atoms with E-state index in [1.165, 1.54) is 141 Å². The van der Waals surface area contributed by atoms with E-state index in [-0.39, 0.29) is 19.2 Å². The Bertz CT molecular complexity index is 753. The van der Waals surface area contributed by atoms with E-state index in [9.17, 15) is 9.90 Å². The molecule has 0 aromatic heterocycles. The Labute approximate surface area is 299 Å². The van der Waals surface area contributed by atoms with Gasteiger partial charge in [-0.2, -0.15) is 0 Å². The number of carbonyl (C=O) groups excluding carboxylic acids is 1. The molecule has 0 rings (SSSR count). The average molecular weight is 673 g/mol. The number of hydrogen-bond donors (Lipinski definition) is 1. The molecule has 1 unspecified atom stereocenters. The molecule has 1 N–H and O–H groups in total. The van der Waals surface area contributed by atoms with Crippen LogP contribution in [0, 0.1) is 0 Å². The quantitative estimate of drug-likeness (QED) is 0.0403. The zero-order valence-electron chi connectivity index (χ0n) is 32.0. The third kappa shape index (κ3) is 38.8. The maximum atomic E-state index is 12.2. The fourth-order valence-electron chi connectivity index (χ4n) is 5.74. The van der Waals surface area contributed by atoms with Crippen LogP contribution in [0.1, 0.15) is 200 Å². The highest BCUT2D eigenvalue weighted by Crippen LogP contribution is 2.13. The van der Waals surface area contributed by atoms with Crippen LogP contribution in [0.4, 0.5) is 0 Å². The van der Waals surface area contributed by atoms with Crippen LogP contribution < -0.4 is 0 Å². The zero-order chi connectivity index (χ0) is 34.9. The average Bonchev–Trinajstić information content (AvgIpc) is 3.09. The first kappa shape index (κ1) is 46.4. The maximum absolute atomic E-state index is 12.2. The van der Waals surface area contributed by atoms with Gasteiger partial charge in [0, 0.05) is 13.0 Å². The van der Waals surface area contributed by atoms with Crippen molar-refractivity contribution in [3.8, 4) is 0 Å². The molecule has 0 spiro atoms. The molecule has 0 fully saturated rings. The molecule has 4 nitrogen and oxygen atoms in total. The Kier molecular flexibility index (Phi) is 40.1. The summed E-state index contributed by atoms with van der Waals surface area (Å²) in [4.78, 5) is 12.2. The van der Waals surface area contributed by atoms with Crippen molar-refractivity contribution >= 4 is 5.97 Å². The molecule has 0 amide bonds. The van der Waals surface area contributed by atoms with E-state index < -0.39 is 6.10 Å². The Morgan fingerprint density at radius 3 is 1.33 bits per heavy atom. The van der Waals surface area contributed by atoms with Gasteiger partial charge < -0.3 is 14.6 Å². The third-order valence-electron chi connectivity index (χ3n) is 8.88. The number of esters is 1. The SMILES string of the molecule is CCCCC/C=C\C/C=C\CCCCCCCCCCCC(=O)OC(CO)COCCCCCCCC/C=C\C/C=C\CCCCCC. The standard InChI is InChI=1S/C44H80O4/c1-3-5-7-9-11-13-15-17-19-21-22-23-25-27-29-31-33-35-37-39-44(46)48-43(41-45)42-47-40-38-36-34-32-30-28-26-24-20-18-16-14-12-10-8-6-4-2/h11,13-14,16-17,19-20,24,43,45H,3-10,12,15,18,21-23,25-42H2,1-2H3/b13-11-,16-14-,19-17-,24-20-. The molecule has 0 saturated carbocycles. The smallest absolute Gasteiger partial charge is 0.306 e. The van der Waals surface area contributed by atoms with Crippen molar-refractivity contribution in [3.05, 3.63) is 48.6 Å². The molecule has 0 aromatic carbocycles. The van der Waals surface area contributed by atoms with E-state index >= 15 is 0 Å². The minimum atomic E-state index is -0.542. The van der Waals surface area contributed by atoms with Gasteiger partial charge in [0.25, 0.3) is 0 Å². The van der Waals surface area contributed by atoms with Gasteiger partial charge in [-0.3, -0.25) is 4.79 Å². The number of hydrogen-bond acceptors (Lipinski definition) is 4. The van der Waals surface area contributed by atoms with Gasteiger partial charge in [-0.15, -0.1) is 0 Å². The van der Waals surface area contributed by atoms with Crippen LogP contribution in [0.25, 0.3) is 0 Å². The van der Waals surface area contributed by atoms with Gasteiger partial charge >= 0.3 is 5.97 Å². The van der Waals surface area contributed by atoms with Crippen LogP contribution in [0.5, 0.6) is 0 Å². The van der Waals surface area contributed by atoms with Gasteiger partial charge in [-0.25, -0.2) is 0 Å². The van der Waals surface area contributed by atoms with E-state index in [0.717, 1.165) is 38.5 Å². The number of rotatable bonds is 38. The summed E-state index contributed by atoms with van der Waals surface area (Å²) in [7, 11) is 0. The summed E-state index contributed by atoms with van der Waals surface area (Å²) >= 11 is 0. The van der Waals surface area contributed by atoms with Crippen molar-refractivity contribution in [1.82, 2.24) is 0 Å². The van der Waals surface area contributed by atoms with E-state index in [4.69, 9.17) is 9.47 Å². The molecule has 4 heteroatoms. The maximum Gasteiger partial charge on any atom is 0.306 e. The molecular weight excluding hydrogens is 592 g/mol. The second-order valence-corrected chi connectivity index (χ2v) is 13.7. The Hall–Kier alpha value is -1.65. The first-order valence-electron chi connectivity index (χ1n) is 20.7. The van der Waals surface area contributed by atoms with Gasteiger partial charge in [0.2, 0.25) is 0 Å². The Balaban J connectivity index is 3.46. The highest BCUT2D eigenvalue weighted by atomic mass is 16.6. The summed E-state index contributed by atoms with van der Waals surface area (Å²) in [5.74, 6) is -0.209. The van der Waals surface area contributed by atoms with E-state index in [1.54, 1.807) is 0 Å².